The van der Waals surface area contributed by atoms with Crippen LogP contribution in [0, 0.1) is 25.7 Å². The van der Waals surface area contributed by atoms with Crippen molar-refractivity contribution >= 4 is 0 Å². The number of aryl methyl sites for hydroxylation is 2. The molecule has 2 fully saturated rings. The van der Waals surface area contributed by atoms with Gasteiger partial charge in [-0.1, -0.05) is 12.8 Å². The summed E-state index contributed by atoms with van der Waals surface area (Å²) >= 11 is 0. The Hall–Kier alpha value is -0.910. The van der Waals surface area contributed by atoms with Crippen LogP contribution in [-0.4, -0.2) is 64.0 Å². The SMILES string of the molecule is CCn1nc(C)c(CN2C[C@@H](CN3CCCCCC3)[C@@H](CO)C2)c1C. The fourth-order valence-electron chi connectivity index (χ4n) is 4.72. The average molecular weight is 349 g/mol. The van der Waals surface area contributed by atoms with Crippen molar-refractivity contribution in [3.8, 4) is 0 Å². The highest BCUT2D eigenvalue weighted by atomic mass is 16.3. The molecule has 142 valence electrons. The summed E-state index contributed by atoms with van der Waals surface area (Å²) in [7, 11) is 0. The summed E-state index contributed by atoms with van der Waals surface area (Å²) in [5.41, 5.74) is 3.85. The zero-order chi connectivity index (χ0) is 17.8. The molecule has 5 nitrogen and oxygen atoms in total. The number of aliphatic hydroxyl groups is 1. The van der Waals surface area contributed by atoms with Gasteiger partial charge in [0.1, 0.15) is 0 Å². The molecular weight excluding hydrogens is 312 g/mol. The summed E-state index contributed by atoms with van der Waals surface area (Å²) in [5, 5.41) is 14.6. The third-order valence-electron chi connectivity index (χ3n) is 6.29. The highest BCUT2D eigenvalue weighted by Crippen LogP contribution is 2.27. The van der Waals surface area contributed by atoms with E-state index < -0.39 is 0 Å². The molecule has 0 saturated carbocycles. The van der Waals surface area contributed by atoms with Gasteiger partial charge in [-0.25, -0.2) is 0 Å². The molecule has 0 bridgehead atoms. The van der Waals surface area contributed by atoms with Crippen LogP contribution in [0.3, 0.4) is 0 Å². The topological polar surface area (TPSA) is 44.5 Å². The number of hydrogen-bond acceptors (Lipinski definition) is 4. The molecule has 0 aliphatic carbocycles. The van der Waals surface area contributed by atoms with Crippen molar-refractivity contribution in [1.29, 1.82) is 0 Å². The third-order valence-corrected chi connectivity index (χ3v) is 6.29. The van der Waals surface area contributed by atoms with E-state index in [1.54, 1.807) is 0 Å². The van der Waals surface area contributed by atoms with Crippen LogP contribution in [0.4, 0.5) is 0 Å². The Morgan fingerprint density at radius 2 is 1.68 bits per heavy atom. The highest BCUT2D eigenvalue weighted by molar-refractivity contribution is 5.24. The first-order valence-corrected chi connectivity index (χ1v) is 10.2. The number of rotatable bonds is 6. The summed E-state index contributed by atoms with van der Waals surface area (Å²) < 4.78 is 2.11. The molecule has 3 heterocycles. The molecule has 25 heavy (non-hydrogen) atoms. The van der Waals surface area contributed by atoms with Gasteiger partial charge in [-0.3, -0.25) is 9.58 Å². The molecule has 1 aromatic rings. The van der Waals surface area contributed by atoms with Crippen LogP contribution in [0.25, 0.3) is 0 Å². The van der Waals surface area contributed by atoms with E-state index in [2.05, 4.69) is 40.4 Å². The zero-order valence-electron chi connectivity index (χ0n) is 16.4. The van der Waals surface area contributed by atoms with Gasteiger partial charge < -0.3 is 10.0 Å². The third kappa shape index (κ3) is 4.44. The maximum absolute atomic E-state index is 9.90. The summed E-state index contributed by atoms with van der Waals surface area (Å²) in [6.45, 7) is 14.5. The molecule has 0 spiro atoms. The second-order valence-corrected chi connectivity index (χ2v) is 8.08. The second kappa shape index (κ2) is 8.65. The van der Waals surface area contributed by atoms with E-state index >= 15 is 0 Å². The standard InChI is InChI=1S/C20H36N4O/c1-4-24-17(3)20(16(2)21-24)14-23-12-18(19(13-23)15-25)11-22-9-7-5-6-8-10-22/h18-19,25H,4-15H2,1-3H3/t18-,19-/m1/s1. The minimum absolute atomic E-state index is 0.321. The highest BCUT2D eigenvalue weighted by Gasteiger charge is 2.34. The maximum Gasteiger partial charge on any atom is 0.0641 e. The Morgan fingerprint density at radius 1 is 1.00 bits per heavy atom. The van der Waals surface area contributed by atoms with Gasteiger partial charge in [-0.2, -0.15) is 5.10 Å². The minimum Gasteiger partial charge on any atom is -0.396 e. The van der Waals surface area contributed by atoms with Crippen LogP contribution in [-0.2, 0) is 13.1 Å². The van der Waals surface area contributed by atoms with Crippen LogP contribution in [0.2, 0.25) is 0 Å². The van der Waals surface area contributed by atoms with E-state index in [1.165, 1.54) is 50.0 Å². The van der Waals surface area contributed by atoms with E-state index in [0.29, 0.717) is 18.4 Å². The lowest BCUT2D eigenvalue weighted by atomic mass is 9.96. The van der Waals surface area contributed by atoms with E-state index in [-0.39, 0.29) is 0 Å². The Labute approximate surface area is 153 Å². The lowest BCUT2D eigenvalue weighted by Gasteiger charge is -2.26. The van der Waals surface area contributed by atoms with Crippen molar-refractivity contribution in [1.82, 2.24) is 19.6 Å². The Kier molecular flexibility index (Phi) is 6.53. The van der Waals surface area contributed by atoms with Crippen LogP contribution >= 0.6 is 0 Å². The predicted octanol–water partition coefficient (Wildman–Crippen LogP) is 2.44. The van der Waals surface area contributed by atoms with Crippen molar-refractivity contribution in [3.05, 3.63) is 17.0 Å². The van der Waals surface area contributed by atoms with Crippen LogP contribution in [0.15, 0.2) is 0 Å². The van der Waals surface area contributed by atoms with Crippen LogP contribution < -0.4 is 0 Å². The summed E-state index contributed by atoms with van der Waals surface area (Å²) in [4.78, 5) is 5.19. The zero-order valence-corrected chi connectivity index (χ0v) is 16.4. The first-order chi connectivity index (χ1) is 12.1. The van der Waals surface area contributed by atoms with Crippen molar-refractivity contribution in [2.45, 2.75) is 59.5 Å². The van der Waals surface area contributed by atoms with Crippen LogP contribution in [0.1, 0.15) is 49.6 Å². The number of aromatic nitrogens is 2. The van der Waals surface area contributed by atoms with Crippen molar-refractivity contribution in [3.63, 3.8) is 0 Å². The number of hydrogen-bond donors (Lipinski definition) is 1. The van der Waals surface area contributed by atoms with E-state index in [1.807, 2.05) is 0 Å². The number of likely N-dealkylation sites (tertiary alicyclic amines) is 2. The van der Waals surface area contributed by atoms with Gasteiger partial charge in [-0.15, -0.1) is 0 Å². The molecule has 5 heteroatoms. The van der Waals surface area contributed by atoms with Gasteiger partial charge in [-0.05, 0) is 58.5 Å². The van der Waals surface area contributed by atoms with Crippen molar-refractivity contribution in [2.75, 3.05) is 39.3 Å². The molecule has 1 aromatic heterocycles. The van der Waals surface area contributed by atoms with Gasteiger partial charge in [0.15, 0.2) is 0 Å². The molecule has 0 radical (unpaired) electrons. The molecule has 0 aromatic carbocycles. The van der Waals surface area contributed by atoms with Crippen LogP contribution in [0.5, 0.6) is 0 Å². The first-order valence-electron chi connectivity index (χ1n) is 10.2. The fourth-order valence-corrected chi connectivity index (χ4v) is 4.72. The molecular formula is C20H36N4O. The average Bonchev–Trinajstić information content (AvgIpc) is 2.98. The lowest BCUT2D eigenvalue weighted by Crippen LogP contribution is -2.34. The Morgan fingerprint density at radius 3 is 2.28 bits per heavy atom. The second-order valence-electron chi connectivity index (χ2n) is 8.08. The summed E-state index contributed by atoms with van der Waals surface area (Å²) in [6.07, 6.45) is 5.46. The summed E-state index contributed by atoms with van der Waals surface area (Å²) in [6, 6.07) is 0. The van der Waals surface area contributed by atoms with Gasteiger partial charge in [0.2, 0.25) is 0 Å². The fraction of sp³-hybridized carbons (Fsp3) is 0.850. The van der Waals surface area contributed by atoms with Crippen molar-refractivity contribution < 1.29 is 5.11 Å². The van der Waals surface area contributed by atoms with Crippen molar-refractivity contribution in [2.24, 2.45) is 11.8 Å². The van der Waals surface area contributed by atoms with E-state index in [4.69, 9.17) is 0 Å². The number of nitrogens with zero attached hydrogens (tertiary/aromatic N) is 4. The Bertz CT molecular complexity index is 548. The lowest BCUT2D eigenvalue weighted by molar-refractivity contribution is 0.165. The molecule has 3 rings (SSSR count). The smallest absolute Gasteiger partial charge is 0.0641 e. The van der Waals surface area contributed by atoms with Gasteiger partial charge >= 0.3 is 0 Å². The normalized spacial score (nSPS) is 26.2. The maximum atomic E-state index is 9.90. The predicted molar refractivity (Wildman–Crippen MR) is 102 cm³/mol. The quantitative estimate of drug-likeness (QED) is 0.858. The molecule has 0 amide bonds. The molecule has 2 saturated heterocycles. The molecule has 2 aliphatic rings. The Balaban J connectivity index is 1.62. The van der Waals surface area contributed by atoms with E-state index in [0.717, 1.165) is 38.4 Å². The number of aliphatic hydroxyl groups excluding tert-OH is 1. The monoisotopic (exact) mass is 348 g/mol. The summed E-state index contributed by atoms with van der Waals surface area (Å²) in [5.74, 6) is 1.02. The first kappa shape index (κ1) is 18.9. The van der Waals surface area contributed by atoms with Gasteiger partial charge in [0.05, 0.1) is 5.69 Å². The molecule has 2 atom stereocenters. The van der Waals surface area contributed by atoms with E-state index in [9.17, 15) is 5.11 Å². The largest absolute Gasteiger partial charge is 0.396 e. The molecule has 2 aliphatic heterocycles. The van der Waals surface area contributed by atoms with Gasteiger partial charge in [0, 0.05) is 50.6 Å². The molecule has 0 unspecified atom stereocenters. The minimum atomic E-state index is 0.321. The molecule has 1 N–H and O–H groups in total. The van der Waals surface area contributed by atoms with Gasteiger partial charge in [0.25, 0.3) is 0 Å².